The van der Waals surface area contributed by atoms with E-state index in [4.69, 9.17) is 0 Å². The maximum atomic E-state index is 4.36. The molecule has 17 heavy (non-hydrogen) atoms. The lowest BCUT2D eigenvalue weighted by atomic mass is 10.2. The van der Waals surface area contributed by atoms with Crippen LogP contribution in [0.25, 0.3) is 11.3 Å². The molecule has 90 valence electrons. The molecule has 0 aliphatic carbocycles. The van der Waals surface area contributed by atoms with Gasteiger partial charge in [-0.25, -0.2) is 4.98 Å². The number of aromatic nitrogens is 4. The first-order valence-electron chi connectivity index (χ1n) is 5.92. The number of anilines is 1. The standard InChI is InChI=1S/C12H17N5/c1-3-7-17-9-10(8-16-17)11-12(13-4-2)15-6-5-14-11/h5-6,8-9H,3-4,7H2,1-2H3,(H,13,15). The summed E-state index contributed by atoms with van der Waals surface area (Å²) in [6, 6.07) is 0. The van der Waals surface area contributed by atoms with Crippen molar-refractivity contribution in [1.82, 2.24) is 19.7 Å². The van der Waals surface area contributed by atoms with Crippen LogP contribution in [-0.4, -0.2) is 26.3 Å². The molecule has 5 heteroatoms. The van der Waals surface area contributed by atoms with Crippen LogP contribution in [0.3, 0.4) is 0 Å². The number of nitrogens with one attached hydrogen (secondary N) is 1. The summed E-state index contributed by atoms with van der Waals surface area (Å²) in [4.78, 5) is 8.65. The fourth-order valence-corrected chi connectivity index (χ4v) is 1.68. The minimum atomic E-state index is 0.811. The Balaban J connectivity index is 2.31. The van der Waals surface area contributed by atoms with Gasteiger partial charge in [0.05, 0.1) is 6.20 Å². The molecule has 1 N–H and O–H groups in total. The number of hydrogen-bond donors (Lipinski definition) is 1. The zero-order valence-corrected chi connectivity index (χ0v) is 10.2. The molecule has 2 rings (SSSR count). The van der Waals surface area contributed by atoms with E-state index in [0.717, 1.165) is 36.6 Å². The molecule has 0 aliphatic heterocycles. The average molecular weight is 231 g/mol. The van der Waals surface area contributed by atoms with E-state index in [1.165, 1.54) is 0 Å². The lowest BCUT2D eigenvalue weighted by Crippen LogP contribution is -2.02. The van der Waals surface area contributed by atoms with Crippen LogP contribution in [-0.2, 0) is 6.54 Å². The van der Waals surface area contributed by atoms with Crippen molar-refractivity contribution in [1.29, 1.82) is 0 Å². The second-order valence-electron chi connectivity index (χ2n) is 3.78. The molecule has 0 aromatic carbocycles. The Bertz CT molecular complexity index is 477. The quantitative estimate of drug-likeness (QED) is 0.857. The third-order valence-corrected chi connectivity index (χ3v) is 2.40. The van der Waals surface area contributed by atoms with Crippen molar-refractivity contribution >= 4 is 5.82 Å². The van der Waals surface area contributed by atoms with Crippen molar-refractivity contribution in [2.45, 2.75) is 26.8 Å². The predicted molar refractivity (Wildman–Crippen MR) is 67.7 cm³/mol. The zero-order valence-electron chi connectivity index (χ0n) is 10.2. The summed E-state index contributed by atoms with van der Waals surface area (Å²) in [6.45, 7) is 5.93. The third kappa shape index (κ3) is 2.61. The molecule has 2 aromatic heterocycles. The molecule has 0 saturated carbocycles. The zero-order chi connectivity index (χ0) is 12.1. The van der Waals surface area contributed by atoms with Crippen LogP contribution in [0.5, 0.6) is 0 Å². The Morgan fingerprint density at radius 1 is 1.24 bits per heavy atom. The van der Waals surface area contributed by atoms with E-state index in [2.05, 4.69) is 27.3 Å². The van der Waals surface area contributed by atoms with Gasteiger partial charge in [-0.15, -0.1) is 0 Å². The van der Waals surface area contributed by atoms with Crippen molar-refractivity contribution < 1.29 is 0 Å². The number of hydrogen-bond acceptors (Lipinski definition) is 4. The molecule has 0 amide bonds. The highest BCUT2D eigenvalue weighted by molar-refractivity contribution is 5.69. The Morgan fingerprint density at radius 3 is 2.82 bits per heavy atom. The smallest absolute Gasteiger partial charge is 0.152 e. The van der Waals surface area contributed by atoms with Crippen molar-refractivity contribution in [2.24, 2.45) is 0 Å². The topological polar surface area (TPSA) is 55.6 Å². The van der Waals surface area contributed by atoms with Crippen LogP contribution in [0.15, 0.2) is 24.8 Å². The lowest BCUT2D eigenvalue weighted by Gasteiger charge is -2.05. The van der Waals surface area contributed by atoms with Crippen LogP contribution >= 0.6 is 0 Å². The molecule has 0 atom stereocenters. The summed E-state index contributed by atoms with van der Waals surface area (Å²) in [6.07, 6.45) is 8.31. The van der Waals surface area contributed by atoms with Crippen molar-refractivity contribution in [2.75, 3.05) is 11.9 Å². The molecular formula is C12H17N5. The van der Waals surface area contributed by atoms with Gasteiger partial charge in [-0.05, 0) is 13.3 Å². The molecule has 0 spiro atoms. The Labute approximate surface area is 101 Å². The second-order valence-corrected chi connectivity index (χ2v) is 3.78. The lowest BCUT2D eigenvalue weighted by molar-refractivity contribution is 0.603. The molecule has 0 radical (unpaired) electrons. The van der Waals surface area contributed by atoms with E-state index in [9.17, 15) is 0 Å². The summed E-state index contributed by atoms with van der Waals surface area (Å²) < 4.78 is 1.93. The SMILES string of the molecule is CCCn1cc(-c2nccnc2NCC)cn1. The van der Waals surface area contributed by atoms with E-state index in [0.29, 0.717) is 0 Å². The number of rotatable bonds is 5. The van der Waals surface area contributed by atoms with Crippen LogP contribution in [0.2, 0.25) is 0 Å². The van der Waals surface area contributed by atoms with E-state index in [1.807, 2.05) is 24.0 Å². The Kier molecular flexibility index (Phi) is 3.69. The largest absolute Gasteiger partial charge is 0.369 e. The van der Waals surface area contributed by atoms with Gasteiger partial charge >= 0.3 is 0 Å². The van der Waals surface area contributed by atoms with Crippen LogP contribution in [0.1, 0.15) is 20.3 Å². The maximum Gasteiger partial charge on any atom is 0.152 e. The fraction of sp³-hybridized carbons (Fsp3) is 0.417. The fourth-order valence-electron chi connectivity index (χ4n) is 1.68. The number of aryl methyl sites for hydroxylation is 1. The summed E-state index contributed by atoms with van der Waals surface area (Å²) in [5, 5.41) is 7.51. The molecule has 0 aliphatic rings. The van der Waals surface area contributed by atoms with E-state index in [1.54, 1.807) is 12.4 Å². The van der Waals surface area contributed by atoms with Gasteiger partial charge in [-0.1, -0.05) is 6.92 Å². The van der Waals surface area contributed by atoms with Gasteiger partial charge in [0.15, 0.2) is 5.82 Å². The molecule has 0 saturated heterocycles. The van der Waals surface area contributed by atoms with E-state index in [-0.39, 0.29) is 0 Å². The van der Waals surface area contributed by atoms with E-state index < -0.39 is 0 Å². The molecule has 5 nitrogen and oxygen atoms in total. The monoisotopic (exact) mass is 231 g/mol. The maximum absolute atomic E-state index is 4.36. The average Bonchev–Trinajstić information content (AvgIpc) is 2.79. The predicted octanol–water partition coefficient (Wildman–Crippen LogP) is 2.18. The van der Waals surface area contributed by atoms with Crippen molar-refractivity contribution in [3.63, 3.8) is 0 Å². The molecule has 0 unspecified atom stereocenters. The van der Waals surface area contributed by atoms with E-state index >= 15 is 0 Å². The van der Waals surface area contributed by atoms with Gasteiger partial charge in [0.2, 0.25) is 0 Å². The molecule has 2 heterocycles. The van der Waals surface area contributed by atoms with Gasteiger partial charge in [-0.3, -0.25) is 9.67 Å². The summed E-state index contributed by atoms with van der Waals surface area (Å²) >= 11 is 0. The molecular weight excluding hydrogens is 214 g/mol. The number of nitrogens with zero attached hydrogens (tertiary/aromatic N) is 4. The minimum Gasteiger partial charge on any atom is -0.369 e. The highest BCUT2D eigenvalue weighted by atomic mass is 15.3. The highest BCUT2D eigenvalue weighted by Crippen LogP contribution is 2.22. The van der Waals surface area contributed by atoms with Crippen molar-refractivity contribution in [3.8, 4) is 11.3 Å². The summed E-state index contributed by atoms with van der Waals surface area (Å²) in [5.41, 5.74) is 1.86. The molecule has 2 aromatic rings. The third-order valence-electron chi connectivity index (χ3n) is 2.40. The highest BCUT2D eigenvalue weighted by Gasteiger charge is 2.08. The molecule has 0 bridgehead atoms. The first-order valence-corrected chi connectivity index (χ1v) is 5.92. The van der Waals surface area contributed by atoms with Gasteiger partial charge in [0.1, 0.15) is 5.69 Å². The van der Waals surface area contributed by atoms with Crippen LogP contribution in [0, 0.1) is 0 Å². The minimum absolute atomic E-state index is 0.811. The molecule has 0 fully saturated rings. The Morgan fingerprint density at radius 2 is 2.06 bits per heavy atom. The van der Waals surface area contributed by atoms with Crippen LogP contribution < -0.4 is 5.32 Å². The Hall–Kier alpha value is -1.91. The van der Waals surface area contributed by atoms with Gasteiger partial charge < -0.3 is 5.32 Å². The summed E-state index contributed by atoms with van der Waals surface area (Å²) in [7, 11) is 0. The summed E-state index contributed by atoms with van der Waals surface area (Å²) in [5.74, 6) is 0.811. The van der Waals surface area contributed by atoms with Gasteiger partial charge in [0, 0.05) is 37.2 Å². The van der Waals surface area contributed by atoms with Crippen LogP contribution in [0.4, 0.5) is 5.82 Å². The second kappa shape index (κ2) is 5.43. The van der Waals surface area contributed by atoms with Gasteiger partial charge in [0.25, 0.3) is 0 Å². The van der Waals surface area contributed by atoms with Gasteiger partial charge in [-0.2, -0.15) is 5.10 Å². The van der Waals surface area contributed by atoms with Crippen molar-refractivity contribution in [3.05, 3.63) is 24.8 Å². The first-order chi connectivity index (χ1) is 8.35. The normalized spacial score (nSPS) is 10.5. The first kappa shape index (κ1) is 11.6.